The van der Waals surface area contributed by atoms with E-state index in [4.69, 9.17) is 0 Å². The van der Waals surface area contributed by atoms with Gasteiger partial charge in [-0.15, -0.1) is 0 Å². The van der Waals surface area contributed by atoms with Crippen molar-refractivity contribution in [3.05, 3.63) is 29.2 Å². The van der Waals surface area contributed by atoms with Crippen LogP contribution in [0.3, 0.4) is 0 Å². The number of aliphatic hydroxyl groups is 1. The predicted octanol–water partition coefficient (Wildman–Crippen LogP) is 3.04. The zero-order valence-corrected chi connectivity index (χ0v) is 15.0. The molecule has 2 aromatic rings. The van der Waals surface area contributed by atoms with Crippen LogP contribution in [0.2, 0.25) is 0 Å². The third-order valence-electron chi connectivity index (χ3n) is 4.41. The van der Waals surface area contributed by atoms with Gasteiger partial charge in [-0.2, -0.15) is 5.10 Å². The maximum absolute atomic E-state index is 9.25. The van der Waals surface area contributed by atoms with Crippen LogP contribution in [0.5, 0.6) is 0 Å². The van der Waals surface area contributed by atoms with Gasteiger partial charge in [0.15, 0.2) is 5.65 Å². The highest BCUT2D eigenvalue weighted by molar-refractivity contribution is 5.42. The zero-order valence-electron chi connectivity index (χ0n) is 15.0. The average Bonchev–Trinajstić information content (AvgIpc) is 2.86. The lowest BCUT2D eigenvalue weighted by Gasteiger charge is -2.22. The summed E-state index contributed by atoms with van der Waals surface area (Å²) in [6.07, 6.45) is 3.94. The molecule has 0 aliphatic rings. The van der Waals surface area contributed by atoms with Crippen LogP contribution in [-0.4, -0.2) is 32.9 Å². The standard InChI is InChI=1S/C18H30N4O/c1-12(2)8-16(6-7-23)10-19-14(4)17-11-20-18-9-13(3)21-22(18)15(17)5/h9,11-12,14,16,19,23H,6-8,10H2,1-5H3. The molecule has 0 aliphatic carbocycles. The molecule has 0 aromatic carbocycles. The Labute approximate surface area is 139 Å². The first-order chi connectivity index (χ1) is 10.9. The van der Waals surface area contributed by atoms with Crippen LogP contribution in [0.25, 0.3) is 5.65 Å². The molecule has 23 heavy (non-hydrogen) atoms. The SMILES string of the molecule is Cc1cc2ncc(C(C)NCC(CCO)CC(C)C)c(C)n2n1. The number of nitrogens with one attached hydrogen (secondary N) is 1. The molecule has 0 aliphatic heterocycles. The second-order valence-electron chi connectivity index (χ2n) is 6.99. The molecule has 2 aromatic heterocycles. The van der Waals surface area contributed by atoms with E-state index in [0.29, 0.717) is 11.8 Å². The number of fused-ring (bicyclic) bond motifs is 1. The number of aryl methyl sites for hydroxylation is 2. The van der Waals surface area contributed by atoms with E-state index in [9.17, 15) is 5.11 Å². The van der Waals surface area contributed by atoms with E-state index < -0.39 is 0 Å². The largest absolute Gasteiger partial charge is 0.396 e. The van der Waals surface area contributed by atoms with Crippen LogP contribution in [0, 0.1) is 25.7 Å². The summed E-state index contributed by atoms with van der Waals surface area (Å²) in [5, 5.41) is 17.4. The van der Waals surface area contributed by atoms with Crippen molar-refractivity contribution in [1.29, 1.82) is 0 Å². The summed E-state index contributed by atoms with van der Waals surface area (Å²) >= 11 is 0. The van der Waals surface area contributed by atoms with E-state index in [2.05, 4.69) is 43.1 Å². The molecule has 128 valence electrons. The number of aromatic nitrogens is 3. The molecular weight excluding hydrogens is 288 g/mol. The van der Waals surface area contributed by atoms with Gasteiger partial charge in [0.2, 0.25) is 0 Å². The number of nitrogens with zero attached hydrogens (tertiary/aromatic N) is 3. The molecule has 5 nitrogen and oxygen atoms in total. The van der Waals surface area contributed by atoms with Crippen LogP contribution in [0.15, 0.2) is 12.3 Å². The van der Waals surface area contributed by atoms with E-state index in [-0.39, 0.29) is 12.6 Å². The van der Waals surface area contributed by atoms with Crippen molar-refractivity contribution < 1.29 is 5.11 Å². The molecule has 2 atom stereocenters. The topological polar surface area (TPSA) is 62.5 Å². The van der Waals surface area contributed by atoms with Crippen LogP contribution in [0.1, 0.15) is 56.6 Å². The fourth-order valence-corrected chi connectivity index (χ4v) is 3.21. The minimum Gasteiger partial charge on any atom is -0.396 e. The molecule has 0 radical (unpaired) electrons. The second kappa shape index (κ2) is 7.88. The molecule has 5 heteroatoms. The van der Waals surface area contributed by atoms with Gasteiger partial charge < -0.3 is 10.4 Å². The summed E-state index contributed by atoms with van der Waals surface area (Å²) in [6, 6.07) is 2.21. The highest BCUT2D eigenvalue weighted by atomic mass is 16.3. The average molecular weight is 318 g/mol. The summed E-state index contributed by atoms with van der Waals surface area (Å²) in [4.78, 5) is 4.52. The number of aliphatic hydroxyl groups excluding tert-OH is 1. The zero-order chi connectivity index (χ0) is 17.0. The monoisotopic (exact) mass is 318 g/mol. The normalized spacial score (nSPS) is 14.6. The van der Waals surface area contributed by atoms with Gasteiger partial charge in [-0.1, -0.05) is 13.8 Å². The van der Waals surface area contributed by atoms with E-state index in [1.807, 2.05) is 23.7 Å². The van der Waals surface area contributed by atoms with Crippen molar-refractivity contribution in [2.45, 2.75) is 53.5 Å². The molecule has 0 saturated carbocycles. The van der Waals surface area contributed by atoms with Crippen molar-refractivity contribution in [1.82, 2.24) is 19.9 Å². The van der Waals surface area contributed by atoms with E-state index >= 15 is 0 Å². The van der Waals surface area contributed by atoms with E-state index in [0.717, 1.165) is 36.4 Å². The summed E-state index contributed by atoms with van der Waals surface area (Å²) in [5.74, 6) is 1.15. The summed E-state index contributed by atoms with van der Waals surface area (Å²) in [6.45, 7) is 11.9. The molecule has 0 spiro atoms. The minimum atomic E-state index is 0.213. The maximum Gasteiger partial charge on any atom is 0.155 e. The molecule has 0 bridgehead atoms. The third kappa shape index (κ3) is 4.52. The van der Waals surface area contributed by atoms with Crippen molar-refractivity contribution in [3.63, 3.8) is 0 Å². The molecule has 0 saturated heterocycles. The van der Waals surface area contributed by atoms with E-state index in [1.165, 1.54) is 5.56 Å². The minimum absolute atomic E-state index is 0.213. The van der Waals surface area contributed by atoms with Crippen LogP contribution >= 0.6 is 0 Å². The lowest BCUT2D eigenvalue weighted by Crippen LogP contribution is -2.28. The first kappa shape index (κ1) is 17.9. The quantitative estimate of drug-likeness (QED) is 0.785. The molecule has 0 fully saturated rings. The Bertz CT molecular complexity index is 635. The Hall–Kier alpha value is -1.46. The lowest BCUT2D eigenvalue weighted by atomic mass is 9.94. The number of hydrogen-bond donors (Lipinski definition) is 2. The molecule has 2 unspecified atom stereocenters. The van der Waals surface area contributed by atoms with Crippen LogP contribution in [-0.2, 0) is 0 Å². The fourth-order valence-electron chi connectivity index (χ4n) is 3.21. The van der Waals surface area contributed by atoms with Crippen molar-refractivity contribution in [2.75, 3.05) is 13.2 Å². The van der Waals surface area contributed by atoms with Gasteiger partial charge in [0.1, 0.15) is 0 Å². The molecule has 0 amide bonds. The second-order valence-corrected chi connectivity index (χ2v) is 6.99. The highest BCUT2D eigenvalue weighted by Crippen LogP contribution is 2.20. The summed E-state index contributed by atoms with van der Waals surface area (Å²) < 4.78 is 1.92. The van der Waals surface area contributed by atoms with Gasteiger partial charge in [0.05, 0.1) is 5.69 Å². The Morgan fingerprint density at radius 1 is 1.26 bits per heavy atom. The summed E-state index contributed by atoms with van der Waals surface area (Å²) in [5.41, 5.74) is 4.19. The van der Waals surface area contributed by atoms with Gasteiger partial charge in [-0.05, 0) is 52.0 Å². The van der Waals surface area contributed by atoms with Crippen molar-refractivity contribution >= 4 is 5.65 Å². The number of rotatable bonds is 8. The Morgan fingerprint density at radius 3 is 2.65 bits per heavy atom. The Kier molecular flexibility index (Phi) is 6.13. The first-order valence-electron chi connectivity index (χ1n) is 8.58. The lowest BCUT2D eigenvalue weighted by molar-refractivity contribution is 0.237. The molecule has 2 rings (SSSR count). The molecule has 2 N–H and O–H groups in total. The highest BCUT2D eigenvalue weighted by Gasteiger charge is 2.16. The smallest absolute Gasteiger partial charge is 0.155 e. The fraction of sp³-hybridized carbons (Fsp3) is 0.667. The van der Waals surface area contributed by atoms with Gasteiger partial charge in [-0.3, -0.25) is 0 Å². The predicted molar refractivity (Wildman–Crippen MR) is 93.5 cm³/mol. The number of hydrogen-bond acceptors (Lipinski definition) is 4. The van der Waals surface area contributed by atoms with E-state index in [1.54, 1.807) is 0 Å². The Morgan fingerprint density at radius 2 is 2.00 bits per heavy atom. The maximum atomic E-state index is 9.25. The van der Waals surface area contributed by atoms with Gasteiger partial charge >= 0.3 is 0 Å². The molecule has 2 heterocycles. The van der Waals surface area contributed by atoms with Gasteiger partial charge in [0.25, 0.3) is 0 Å². The third-order valence-corrected chi connectivity index (χ3v) is 4.41. The summed E-state index contributed by atoms with van der Waals surface area (Å²) in [7, 11) is 0. The Balaban J connectivity index is 2.07. The first-order valence-corrected chi connectivity index (χ1v) is 8.58. The van der Waals surface area contributed by atoms with Gasteiger partial charge in [0, 0.05) is 36.2 Å². The molecular formula is C18H30N4O. The van der Waals surface area contributed by atoms with Crippen LogP contribution in [0.4, 0.5) is 0 Å². The van der Waals surface area contributed by atoms with Gasteiger partial charge in [-0.25, -0.2) is 9.50 Å². The van der Waals surface area contributed by atoms with Crippen molar-refractivity contribution in [3.8, 4) is 0 Å². The van der Waals surface area contributed by atoms with Crippen molar-refractivity contribution in [2.24, 2.45) is 11.8 Å². The van der Waals surface area contributed by atoms with Crippen LogP contribution < -0.4 is 5.32 Å².